The van der Waals surface area contributed by atoms with Crippen LogP contribution in [0.1, 0.15) is 15.9 Å². The number of aromatic hydroxyl groups is 1. The number of nitrogens with zero attached hydrogens (tertiary/aromatic N) is 1. The second-order valence-electron chi connectivity index (χ2n) is 4.26. The third-order valence-corrected chi connectivity index (χ3v) is 3.83. The Hall–Kier alpha value is -1.86. The molecule has 2 N–H and O–H groups in total. The fraction of sp³-hybridized carbons (Fsp3) is 0.0667. The number of amides is 1. The Bertz CT molecular complexity index is 715. The first-order valence-corrected chi connectivity index (χ1v) is 7.75. The molecule has 0 saturated heterocycles. The molecular weight excluding hydrogens is 416 g/mol. The predicted molar refractivity (Wildman–Crippen MR) is 91.6 cm³/mol. The van der Waals surface area contributed by atoms with Crippen molar-refractivity contribution in [1.82, 2.24) is 5.43 Å². The van der Waals surface area contributed by atoms with Crippen molar-refractivity contribution in [2.75, 3.05) is 7.11 Å². The quantitative estimate of drug-likeness (QED) is 0.577. The molecule has 0 aliphatic carbocycles. The molecule has 1 amide bonds. The summed E-state index contributed by atoms with van der Waals surface area (Å²) < 4.78 is 6.14. The minimum absolute atomic E-state index is 0.119. The Morgan fingerprint density at radius 1 is 1.27 bits per heavy atom. The van der Waals surface area contributed by atoms with Gasteiger partial charge in [0.05, 0.1) is 23.4 Å². The summed E-state index contributed by atoms with van der Waals surface area (Å²) in [7, 11) is 1.59. The average molecular weight is 428 g/mol. The lowest BCUT2D eigenvalue weighted by Crippen LogP contribution is -2.17. The summed E-state index contributed by atoms with van der Waals surface area (Å²) in [6.07, 6.45) is 1.50. The number of hydrogen-bond donors (Lipinski definition) is 2. The zero-order valence-corrected chi connectivity index (χ0v) is 14.7. The van der Waals surface area contributed by atoms with Crippen LogP contribution in [0.15, 0.2) is 50.4 Å². The van der Waals surface area contributed by atoms with Gasteiger partial charge in [-0.25, -0.2) is 5.43 Å². The van der Waals surface area contributed by atoms with Crippen molar-refractivity contribution >= 4 is 44.0 Å². The van der Waals surface area contributed by atoms with E-state index >= 15 is 0 Å². The molecule has 22 heavy (non-hydrogen) atoms. The van der Waals surface area contributed by atoms with Gasteiger partial charge < -0.3 is 9.84 Å². The summed E-state index contributed by atoms with van der Waals surface area (Å²) in [6, 6.07) is 10.4. The Morgan fingerprint density at radius 3 is 2.59 bits per heavy atom. The first-order valence-electron chi connectivity index (χ1n) is 6.16. The summed E-state index contributed by atoms with van der Waals surface area (Å²) in [5.41, 5.74) is 3.29. The van der Waals surface area contributed by atoms with Crippen LogP contribution in [0.25, 0.3) is 0 Å². The summed E-state index contributed by atoms with van der Waals surface area (Å²) in [6.45, 7) is 0. The van der Waals surface area contributed by atoms with Crippen molar-refractivity contribution in [3.05, 3.63) is 56.5 Å². The Morgan fingerprint density at radius 2 is 1.95 bits per heavy atom. The molecule has 0 saturated carbocycles. The molecular formula is C15H12Br2N2O3. The number of nitrogens with one attached hydrogen (secondary N) is 1. The highest BCUT2D eigenvalue weighted by Gasteiger charge is 2.14. The molecule has 0 aromatic heterocycles. The maximum atomic E-state index is 12.0. The molecule has 7 heteroatoms. The third-order valence-electron chi connectivity index (χ3n) is 2.77. The number of benzene rings is 2. The van der Waals surface area contributed by atoms with Gasteiger partial charge in [-0.05, 0) is 57.9 Å². The third kappa shape index (κ3) is 4.08. The lowest BCUT2D eigenvalue weighted by Gasteiger charge is -2.05. The molecule has 5 nitrogen and oxygen atoms in total. The molecule has 114 valence electrons. The summed E-state index contributed by atoms with van der Waals surface area (Å²) in [4.78, 5) is 12.0. The number of ether oxygens (including phenoxy) is 1. The van der Waals surface area contributed by atoms with E-state index in [9.17, 15) is 9.90 Å². The van der Waals surface area contributed by atoms with E-state index in [2.05, 4.69) is 42.4 Å². The Labute approximate surface area is 144 Å². The lowest BCUT2D eigenvalue weighted by atomic mass is 10.2. The molecule has 0 fully saturated rings. The van der Waals surface area contributed by atoms with Crippen LogP contribution in [0.2, 0.25) is 0 Å². The van der Waals surface area contributed by atoms with Crippen molar-refractivity contribution in [1.29, 1.82) is 0 Å². The van der Waals surface area contributed by atoms with E-state index in [0.29, 0.717) is 8.95 Å². The second kappa shape index (κ2) is 7.42. The first-order chi connectivity index (χ1) is 10.5. The van der Waals surface area contributed by atoms with Gasteiger partial charge in [0.1, 0.15) is 11.5 Å². The lowest BCUT2D eigenvalue weighted by molar-refractivity contribution is 0.0952. The minimum atomic E-state index is -0.510. The number of hydrogen-bond acceptors (Lipinski definition) is 4. The van der Waals surface area contributed by atoms with E-state index in [1.54, 1.807) is 25.3 Å². The largest absolute Gasteiger partial charge is 0.506 e. The normalized spacial score (nSPS) is 10.7. The molecule has 0 radical (unpaired) electrons. The van der Waals surface area contributed by atoms with Crippen molar-refractivity contribution in [2.24, 2.45) is 5.10 Å². The van der Waals surface area contributed by atoms with Crippen LogP contribution in [-0.2, 0) is 0 Å². The topological polar surface area (TPSA) is 70.9 Å². The molecule has 2 rings (SSSR count). The van der Waals surface area contributed by atoms with Crippen LogP contribution in [0.3, 0.4) is 0 Å². The summed E-state index contributed by atoms with van der Waals surface area (Å²) >= 11 is 6.44. The van der Waals surface area contributed by atoms with Gasteiger partial charge in [-0.3, -0.25) is 4.79 Å². The SMILES string of the molecule is COc1ccc(/C=N\NC(=O)c2cc(Br)cc(Br)c2O)cc1. The number of carbonyl (C=O) groups is 1. The van der Waals surface area contributed by atoms with Crippen LogP contribution in [0.5, 0.6) is 11.5 Å². The summed E-state index contributed by atoms with van der Waals surface area (Å²) in [5.74, 6) is 0.0923. The van der Waals surface area contributed by atoms with E-state index in [4.69, 9.17) is 4.74 Å². The van der Waals surface area contributed by atoms with Crippen LogP contribution < -0.4 is 10.2 Å². The highest BCUT2D eigenvalue weighted by molar-refractivity contribution is 9.11. The van der Waals surface area contributed by atoms with E-state index in [-0.39, 0.29) is 11.3 Å². The first kappa shape index (κ1) is 16.5. The smallest absolute Gasteiger partial charge is 0.275 e. The molecule has 2 aromatic rings. The number of rotatable bonds is 4. The number of halogens is 2. The van der Waals surface area contributed by atoms with Gasteiger partial charge in [-0.15, -0.1) is 0 Å². The van der Waals surface area contributed by atoms with Gasteiger partial charge >= 0.3 is 0 Å². The maximum Gasteiger partial charge on any atom is 0.275 e. The Kier molecular flexibility index (Phi) is 5.57. The molecule has 0 unspecified atom stereocenters. The minimum Gasteiger partial charge on any atom is -0.506 e. The van der Waals surface area contributed by atoms with Crippen molar-refractivity contribution < 1.29 is 14.6 Å². The van der Waals surface area contributed by atoms with E-state index in [1.807, 2.05) is 12.1 Å². The second-order valence-corrected chi connectivity index (χ2v) is 6.03. The number of carbonyl (C=O) groups excluding carboxylic acids is 1. The standard InChI is InChI=1S/C15H12Br2N2O3/c1-22-11-4-2-9(3-5-11)8-18-19-15(21)12-6-10(16)7-13(17)14(12)20/h2-8,20H,1H3,(H,19,21)/b18-8-. The van der Waals surface area contributed by atoms with Crippen LogP contribution in [-0.4, -0.2) is 24.3 Å². The van der Waals surface area contributed by atoms with Gasteiger partial charge in [-0.2, -0.15) is 5.10 Å². The number of phenols is 1. The molecule has 0 spiro atoms. The maximum absolute atomic E-state index is 12.0. The van der Waals surface area contributed by atoms with Crippen LogP contribution in [0.4, 0.5) is 0 Å². The fourth-order valence-corrected chi connectivity index (χ4v) is 2.88. The van der Waals surface area contributed by atoms with Crippen molar-refractivity contribution in [3.8, 4) is 11.5 Å². The van der Waals surface area contributed by atoms with Gasteiger partial charge in [0.2, 0.25) is 0 Å². The fourth-order valence-electron chi connectivity index (χ4n) is 1.65. The van der Waals surface area contributed by atoms with Gasteiger partial charge in [0, 0.05) is 4.47 Å². The van der Waals surface area contributed by atoms with Crippen molar-refractivity contribution in [3.63, 3.8) is 0 Å². The molecule has 0 bridgehead atoms. The van der Waals surface area contributed by atoms with Gasteiger partial charge in [-0.1, -0.05) is 15.9 Å². The Balaban J connectivity index is 2.07. The molecule has 0 atom stereocenters. The number of methoxy groups -OCH3 is 1. The highest BCUT2D eigenvalue weighted by Crippen LogP contribution is 2.31. The predicted octanol–water partition coefficient (Wildman–Crippen LogP) is 3.69. The van der Waals surface area contributed by atoms with Crippen LogP contribution >= 0.6 is 31.9 Å². The highest BCUT2D eigenvalue weighted by atomic mass is 79.9. The summed E-state index contributed by atoms with van der Waals surface area (Å²) in [5, 5.41) is 13.7. The van der Waals surface area contributed by atoms with E-state index in [1.165, 1.54) is 12.3 Å². The number of phenolic OH excluding ortho intramolecular Hbond substituents is 1. The van der Waals surface area contributed by atoms with Crippen molar-refractivity contribution in [2.45, 2.75) is 0 Å². The average Bonchev–Trinajstić information content (AvgIpc) is 2.51. The zero-order valence-electron chi connectivity index (χ0n) is 11.5. The number of hydrazone groups is 1. The molecule has 0 aliphatic rings. The van der Waals surface area contributed by atoms with E-state index in [0.717, 1.165) is 11.3 Å². The zero-order chi connectivity index (χ0) is 16.1. The molecule has 2 aromatic carbocycles. The van der Waals surface area contributed by atoms with E-state index < -0.39 is 5.91 Å². The van der Waals surface area contributed by atoms with Gasteiger partial charge in [0.25, 0.3) is 5.91 Å². The van der Waals surface area contributed by atoms with Gasteiger partial charge in [0.15, 0.2) is 0 Å². The van der Waals surface area contributed by atoms with Crippen LogP contribution in [0, 0.1) is 0 Å². The molecule has 0 aliphatic heterocycles. The monoisotopic (exact) mass is 426 g/mol. The molecule has 0 heterocycles.